The summed E-state index contributed by atoms with van der Waals surface area (Å²) in [6, 6.07) is 0. The second-order valence-corrected chi connectivity index (χ2v) is 4.12. The Bertz CT molecular complexity index is 485. The predicted octanol–water partition coefficient (Wildman–Crippen LogP) is 1.82. The third kappa shape index (κ3) is 2.10. The van der Waals surface area contributed by atoms with Crippen molar-refractivity contribution in [2.75, 3.05) is 13.7 Å². The monoisotopic (exact) mass is 321 g/mol. The SMILES string of the molecule is COCCn1cc2ncc(F)c(I)c2n1. The van der Waals surface area contributed by atoms with E-state index in [4.69, 9.17) is 4.74 Å². The molecule has 4 nitrogen and oxygen atoms in total. The molecule has 15 heavy (non-hydrogen) atoms. The van der Waals surface area contributed by atoms with E-state index in [2.05, 4.69) is 10.1 Å². The molecule has 0 aromatic carbocycles. The molecule has 0 atom stereocenters. The highest BCUT2D eigenvalue weighted by Crippen LogP contribution is 2.19. The highest BCUT2D eigenvalue weighted by Gasteiger charge is 2.09. The number of aromatic nitrogens is 3. The average molecular weight is 321 g/mol. The van der Waals surface area contributed by atoms with Crippen molar-refractivity contribution < 1.29 is 9.13 Å². The second-order valence-electron chi connectivity index (χ2n) is 3.04. The summed E-state index contributed by atoms with van der Waals surface area (Å²) >= 11 is 1.93. The van der Waals surface area contributed by atoms with Gasteiger partial charge in [-0.25, -0.2) is 9.37 Å². The number of nitrogens with zero attached hydrogens (tertiary/aromatic N) is 3. The van der Waals surface area contributed by atoms with Gasteiger partial charge in [0.2, 0.25) is 0 Å². The minimum absolute atomic E-state index is 0.333. The van der Waals surface area contributed by atoms with Crippen LogP contribution in [0, 0.1) is 9.39 Å². The quantitative estimate of drug-likeness (QED) is 0.810. The van der Waals surface area contributed by atoms with Crippen molar-refractivity contribution in [3.63, 3.8) is 0 Å². The van der Waals surface area contributed by atoms with E-state index < -0.39 is 0 Å². The smallest absolute Gasteiger partial charge is 0.157 e. The van der Waals surface area contributed by atoms with Gasteiger partial charge in [0, 0.05) is 7.11 Å². The lowest BCUT2D eigenvalue weighted by atomic mass is 10.4. The van der Waals surface area contributed by atoms with Crippen molar-refractivity contribution in [1.29, 1.82) is 0 Å². The lowest BCUT2D eigenvalue weighted by Gasteiger charge is -1.97. The van der Waals surface area contributed by atoms with Crippen LogP contribution in [-0.4, -0.2) is 28.5 Å². The normalized spacial score (nSPS) is 11.1. The van der Waals surface area contributed by atoms with Crippen LogP contribution in [0.4, 0.5) is 4.39 Å². The number of fused-ring (bicyclic) bond motifs is 1. The Hall–Kier alpha value is -0.760. The van der Waals surface area contributed by atoms with Crippen LogP contribution in [-0.2, 0) is 11.3 Å². The summed E-state index contributed by atoms with van der Waals surface area (Å²) in [5.41, 5.74) is 1.31. The fourth-order valence-electron chi connectivity index (χ4n) is 1.26. The summed E-state index contributed by atoms with van der Waals surface area (Å²) in [5.74, 6) is -0.333. The molecular formula is C9H9FIN3O. The number of halogens is 2. The Morgan fingerprint density at radius 2 is 2.40 bits per heavy atom. The van der Waals surface area contributed by atoms with Crippen LogP contribution in [0.1, 0.15) is 0 Å². The second kappa shape index (κ2) is 4.40. The van der Waals surface area contributed by atoms with Crippen molar-refractivity contribution in [2.45, 2.75) is 6.54 Å². The molecule has 80 valence electrons. The molecule has 0 amide bonds. The first-order valence-corrected chi connectivity index (χ1v) is 5.46. The van der Waals surface area contributed by atoms with Gasteiger partial charge in [0.25, 0.3) is 0 Å². The lowest BCUT2D eigenvalue weighted by molar-refractivity contribution is 0.184. The standard InChI is InChI=1S/C9H9FIN3O/c1-15-3-2-14-5-7-9(13-14)8(11)6(10)4-12-7/h4-5H,2-3H2,1H3. The van der Waals surface area contributed by atoms with Crippen molar-refractivity contribution in [2.24, 2.45) is 0 Å². The average Bonchev–Trinajstić information content (AvgIpc) is 2.64. The van der Waals surface area contributed by atoms with Gasteiger partial charge in [-0.1, -0.05) is 0 Å². The number of hydrogen-bond acceptors (Lipinski definition) is 3. The first kappa shape index (κ1) is 10.7. The molecule has 0 fully saturated rings. The Balaban J connectivity index is 2.42. The van der Waals surface area contributed by atoms with Crippen LogP contribution in [0.3, 0.4) is 0 Å². The molecule has 2 heterocycles. The molecule has 0 aliphatic heterocycles. The van der Waals surface area contributed by atoms with E-state index in [1.807, 2.05) is 22.6 Å². The van der Waals surface area contributed by atoms with Crippen LogP contribution >= 0.6 is 22.6 Å². The van der Waals surface area contributed by atoms with E-state index in [1.165, 1.54) is 6.20 Å². The van der Waals surface area contributed by atoms with E-state index in [1.54, 1.807) is 18.0 Å². The molecule has 0 aliphatic carbocycles. The fourth-order valence-corrected chi connectivity index (χ4v) is 1.78. The van der Waals surface area contributed by atoms with E-state index >= 15 is 0 Å². The van der Waals surface area contributed by atoms with Gasteiger partial charge in [-0.2, -0.15) is 5.10 Å². The fraction of sp³-hybridized carbons (Fsp3) is 0.333. The summed E-state index contributed by atoms with van der Waals surface area (Å²) in [6.45, 7) is 1.22. The molecule has 2 aromatic heterocycles. The molecule has 2 aromatic rings. The van der Waals surface area contributed by atoms with Crippen LogP contribution in [0.15, 0.2) is 12.4 Å². The highest BCUT2D eigenvalue weighted by molar-refractivity contribution is 14.1. The van der Waals surface area contributed by atoms with Gasteiger partial charge < -0.3 is 4.74 Å². The van der Waals surface area contributed by atoms with Crippen LogP contribution in [0.2, 0.25) is 0 Å². The summed E-state index contributed by atoms with van der Waals surface area (Å²) in [4.78, 5) is 3.97. The Labute approximate surface area is 99.6 Å². The van der Waals surface area contributed by atoms with Gasteiger partial charge in [0.15, 0.2) is 5.82 Å². The maximum absolute atomic E-state index is 13.2. The summed E-state index contributed by atoms with van der Waals surface area (Å²) in [7, 11) is 1.63. The van der Waals surface area contributed by atoms with Gasteiger partial charge in [-0.3, -0.25) is 4.68 Å². The van der Waals surface area contributed by atoms with Crippen molar-refractivity contribution in [3.8, 4) is 0 Å². The lowest BCUT2D eigenvalue weighted by Crippen LogP contribution is -2.04. The number of pyridine rings is 1. The van der Waals surface area contributed by atoms with Gasteiger partial charge in [-0.15, -0.1) is 0 Å². The molecule has 0 unspecified atom stereocenters. The molecule has 0 saturated carbocycles. The maximum Gasteiger partial charge on any atom is 0.157 e. The number of hydrogen-bond donors (Lipinski definition) is 0. The Morgan fingerprint density at radius 1 is 1.60 bits per heavy atom. The molecule has 0 aliphatic rings. The first-order valence-electron chi connectivity index (χ1n) is 4.38. The molecule has 0 bridgehead atoms. The van der Waals surface area contributed by atoms with Crippen molar-refractivity contribution in [1.82, 2.24) is 14.8 Å². The summed E-state index contributed by atoms with van der Waals surface area (Å²) < 4.78 is 20.3. The molecule has 0 saturated heterocycles. The predicted molar refractivity (Wildman–Crippen MR) is 62.1 cm³/mol. The van der Waals surface area contributed by atoms with Gasteiger partial charge >= 0.3 is 0 Å². The van der Waals surface area contributed by atoms with Crippen molar-refractivity contribution in [3.05, 3.63) is 21.8 Å². The Kier molecular flexibility index (Phi) is 3.15. The van der Waals surface area contributed by atoms with E-state index in [0.717, 1.165) is 0 Å². The minimum Gasteiger partial charge on any atom is -0.383 e. The summed E-state index contributed by atoms with van der Waals surface area (Å²) in [5, 5.41) is 4.24. The number of methoxy groups -OCH3 is 1. The first-order chi connectivity index (χ1) is 7.22. The van der Waals surface area contributed by atoms with E-state index in [0.29, 0.717) is 27.8 Å². The molecule has 6 heteroatoms. The molecule has 0 radical (unpaired) electrons. The number of ether oxygens (including phenoxy) is 1. The zero-order chi connectivity index (χ0) is 10.8. The zero-order valence-electron chi connectivity index (χ0n) is 8.07. The van der Waals surface area contributed by atoms with Gasteiger partial charge in [0.1, 0.15) is 11.0 Å². The van der Waals surface area contributed by atoms with E-state index in [-0.39, 0.29) is 5.82 Å². The third-order valence-electron chi connectivity index (χ3n) is 2.00. The minimum atomic E-state index is -0.333. The zero-order valence-corrected chi connectivity index (χ0v) is 10.2. The molecular weight excluding hydrogens is 312 g/mol. The van der Waals surface area contributed by atoms with Crippen molar-refractivity contribution >= 4 is 33.6 Å². The maximum atomic E-state index is 13.2. The molecule has 2 rings (SSSR count). The van der Waals surface area contributed by atoms with Crippen LogP contribution in [0.5, 0.6) is 0 Å². The Morgan fingerprint density at radius 3 is 3.13 bits per heavy atom. The van der Waals surface area contributed by atoms with Gasteiger partial charge in [0.05, 0.1) is 29.1 Å². The molecule has 0 spiro atoms. The number of rotatable bonds is 3. The molecule has 0 N–H and O–H groups in total. The largest absolute Gasteiger partial charge is 0.383 e. The third-order valence-corrected chi connectivity index (χ3v) is 3.03. The highest BCUT2D eigenvalue weighted by atomic mass is 127. The van der Waals surface area contributed by atoms with E-state index in [9.17, 15) is 4.39 Å². The van der Waals surface area contributed by atoms with Gasteiger partial charge in [-0.05, 0) is 22.6 Å². The topological polar surface area (TPSA) is 39.9 Å². The van der Waals surface area contributed by atoms with Crippen LogP contribution < -0.4 is 0 Å². The summed E-state index contributed by atoms with van der Waals surface area (Å²) in [6.07, 6.45) is 3.00. The van der Waals surface area contributed by atoms with Crippen LogP contribution in [0.25, 0.3) is 11.0 Å².